The fraction of sp³-hybridized carbons (Fsp3) is 0.524. The van der Waals surface area contributed by atoms with Gasteiger partial charge < -0.3 is 40.0 Å². The molecule has 23 heteroatoms. The maximum Gasteiger partial charge on any atom is 0.472 e. The van der Waals surface area contributed by atoms with E-state index in [1.165, 1.54) is 21.8 Å². The van der Waals surface area contributed by atoms with Crippen molar-refractivity contribution >= 4 is 43.8 Å². The summed E-state index contributed by atoms with van der Waals surface area (Å²) >= 11 is 0. The molecule has 0 aromatic carbocycles. The number of fused-ring (bicyclic) bond motifs is 4. The van der Waals surface area contributed by atoms with Gasteiger partial charge in [-0.1, -0.05) is 0 Å². The minimum Gasteiger partial charge on any atom is -0.388 e. The minimum atomic E-state index is -4.95. The van der Waals surface area contributed by atoms with Crippen molar-refractivity contribution in [2.45, 2.75) is 49.2 Å². The molecule has 7 rings (SSSR count). The molecule has 1 saturated carbocycles. The van der Waals surface area contributed by atoms with Gasteiger partial charge in [0, 0.05) is 5.92 Å². The summed E-state index contributed by atoms with van der Waals surface area (Å²) in [5, 5.41) is 22.3. The molecular weight excluding hydrogens is 632 g/mol. The molecule has 0 amide bonds. The lowest BCUT2D eigenvalue weighted by molar-refractivity contribution is -0.0606. The second kappa shape index (κ2) is 10.7. The van der Waals surface area contributed by atoms with E-state index in [9.17, 15) is 33.9 Å². The number of nitrogens with zero attached hydrogens (tertiary/aromatic N) is 7. The highest BCUT2D eigenvalue weighted by Gasteiger charge is 2.53. The van der Waals surface area contributed by atoms with Gasteiger partial charge in [0.25, 0.3) is 5.56 Å². The van der Waals surface area contributed by atoms with Crippen molar-refractivity contribution in [1.29, 1.82) is 0 Å². The Bertz CT molecular complexity index is 1880. The zero-order valence-corrected chi connectivity index (χ0v) is 24.0. The number of phosphoric acid groups is 2. The van der Waals surface area contributed by atoms with Crippen LogP contribution in [0.15, 0.2) is 30.1 Å². The topological polar surface area (TPSA) is 294 Å². The van der Waals surface area contributed by atoms with Crippen LogP contribution in [0.5, 0.6) is 0 Å². The lowest BCUT2D eigenvalue weighted by atomic mass is 10.1. The summed E-state index contributed by atoms with van der Waals surface area (Å²) in [6.07, 6.45) is -4.12. The molecule has 236 valence electrons. The number of aromatic amines is 1. The normalized spacial score (nSPS) is 38.3. The monoisotopic (exact) mass is 657 g/mol. The number of hydrogen-bond acceptors (Lipinski definition) is 16. The number of imidazole rings is 2. The lowest BCUT2D eigenvalue weighted by Gasteiger charge is -2.28. The number of ether oxygens (including phenoxy) is 1. The molecule has 6 heterocycles. The first-order valence-corrected chi connectivity index (χ1v) is 16.1. The first-order chi connectivity index (χ1) is 20.9. The first kappa shape index (κ1) is 29.5. The molecule has 1 aliphatic carbocycles. The third-order valence-electron chi connectivity index (χ3n) is 7.80. The van der Waals surface area contributed by atoms with Crippen LogP contribution in [-0.2, 0) is 32.0 Å². The summed E-state index contributed by atoms with van der Waals surface area (Å²) in [7, 11) is -9.89. The number of rotatable bonds is 2. The largest absolute Gasteiger partial charge is 0.472 e. The van der Waals surface area contributed by atoms with Crippen LogP contribution >= 0.6 is 15.6 Å². The highest BCUT2D eigenvalue weighted by atomic mass is 31.2. The lowest BCUT2D eigenvalue weighted by Crippen LogP contribution is -2.37. The van der Waals surface area contributed by atoms with Crippen molar-refractivity contribution < 1.29 is 52.0 Å². The van der Waals surface area contributed by atoms with Crippen LogP contribution < -0.4 is 11.3 Å². The Morgan fingerprint density at radius 3 is 2.36 bits per heavy atom. The SMILES string of the molecule is Nc1ncnc2c1ncn2[C@@H]1O[C@@H]2COP(=O)(O)OC3C(O)[C@H](n4cnc5c(=O)[nH]cnc54)C[C@@H]3COP(=O)(O)OC2C1O. The van der Waals surface area contributed by atoms with Crippen molar-refractivity contribution in [3.8, 4) is 0 Å². The molecule has 0 radical (unpaired) electrons. The van der Waals surface area contributed by atoms with Crippen LogP contribution in [0.25, 0.3) is 22.3 Å². The van der Waals surface area contributed by atoms with E-state index in [-0.39, 0.29) is 34.6 Å². The molecule has 0 spiro atoms. The molecule has 4 aromatic rings. The molecule has 3 aliphatic rings. The van der Waals surface area contributed by atoms with Crippen molar-refractivity contribution in [2.24, 2.45) is 5.92 Å². The fourth-order valence-corrected chi connectivity index (χ4v) is 7.78. The van der Waals surface area contributed by atoms with E-state index >= 15 is 0 Å². The Morgan fingerprint density at radius 1 is 0.886 bits per heavy atom. The van der Waals surface area contributed by atoms with Crippen molar-refractivity contribution in [2.75, 3.05) is 18.9 Å². The van der Waals surface area contributed by atoms with Crippen LogP contribution in [0.2, 0.25) is 0 Å². The number of anilines is 1. The van der Waals surface area contributed by atoms with Gasteiger partial charge in [-0.25, -0.2) is 34.0 Å². The summed E-state index contributed by atoms with van der Waals surface area (Å²) in [6.45, 7) is -1.35. The number of hydrogen-bond donors (Lipinski definition) is 6. The molecular formula is C21H25N9O12P2. The molecule has 0 bridgehead atoms. The average molecular weight is 657 g/mol. The van der Waals surface area contributed by atoms with Gasteiger partial charge in [-0.3, -0.25) is 27.5 Å². The first-order valence-electron chi connectivity index (χ1n) is 13.1. The number of nitrogen functional groups attached to an aromatic ring is 1. The maximum absolute atomic E-state index is 13.1. The molecule has 6 unspecified atom stereocenters. The van der Waals surface area contributed by atoms with Crippen LogP contribution in [0, 0.1) is 5.92 Å². The summed E-state index contributed by atoms with van der Waals surface area (Å²) in [6, 6.07) is -0.898. The van der Waals surface area contributed by atoms with Crippen LogP contribution in [0.1, 0.15) is 18.7 Å². The van der Waals surface area contributed by atoms with E-state index in [1.54, 1.807) is 0 Å². The Balaban J connectivity index is 1.17. The van der Waals surface area contributed by atoms with E-state index < -0.39 is 83.1 Å². The van der Waals surface area contributed by atoms with Crippen molar-refractivity contribution in [3.63, 3.8) is 0 Å². The number of aliphatic hydroxyl groups is 2. The zero-order chi connectivity index (χ0) is 31.0. The number of nitrogens with one attached hydrogen (secondary N) is 1. The molecule has 4 aromatic heterocycles. The quantitative estimate of drug-likeness (QED) is 0.137. The van der Waals surface area contributed by atoms with E-state index in [1.807, 2.05) is 0 Å². The van der Waals surface area contributed by atoms with E-state index in [0.29, 0.717) is 0 Å². The predicted octanol–water partition coefficient (Wildman–Crippen LogP) is -1.26. The average Bonchev–Trinajstić information content (AvgIpc) is 3.73. The molecule has 7 N–H and O–H groups in total. The number of aliphatic hydroxyl groups excluding tert-OH is 2. The van der Waals surface area contributed by atoms with Gasteiger partial charge in [0.05, 0.1) is 38.2 Å². The Hall–Kier alpha value is -3.20. The molecule has 2 saturated heterocycles. The van der Waals surface area contributed by atoms with Gasteiger partial charge in [-0.05, 0) is 6.42 Å². The highest BCUT2D eigenvalue weighted by molar-refractivity contribution is 7.47. The third-order valence-corrected chi connectivity index (χ3v) is 9.77. The van der Waals surface area contributed by atoms with Gasteiger partial charge in [0.2, 0.25) is 0 Å². The van der Waals surface area contributed by atoms with Gasteiger partial charge in [-0.2, -0.15) is 0 Å². The number of aromatic nitrogens is 8. The van der Waals surface area contributed by atoms with Gasteiger partial charge in [-0.15, -0.1) is 0 Å². The maximum atomic E-state index is 13.1. The van der Waals surface area contributed by atoms with Crippen LogP contribution in [0.4, 0.5) is 5.82 Å². The minimum absolute atomic E-state index is 0.00445. The van der Waals surface area contributed by atoms with Crippen molar-refractivity contribution in [1.82, 2.24) is 39.0 Å². The summed E-state index contributed by atoms with van der Waals surface area (Å²) in [5.74, 6) is -0.905. The van der Waals surface area contributed by atoms with Crippen LogP contribution in [-0.4, -0.2) is 103 Å². The Kier molecular flexibility index (Phi) is 7.18. The zero-order valence-electron chi connectivity index (χ0n) is 22.2. The number of nitrogens with two attached hydrogens (primary N) is 1. The molecule has 3 fully saturated rings. The van der Waals surface area contributed by atoms with Gasteiger partial charge in [0.15, 0.2) is 28.9 Å². The second-order valence-electron chi connectivity index (χ2n) is 10.4. The predicted molar refractivity (Wildman–Crippen MR) is 142 cm³/mol. The van der Waals surface area contributed by atoms with Crippen molar-refractivity contribution in [3.05, 3.63) is 35.7 Å². The standard InChI is InChI=1S/C21H25N9O12P2/c22-17-11-18(24-4-23-17)30(7-27-11)21-14(32)16-10(40-21)3-39-44(36,37)41-15-8(2-38-43(34,35)42-16)1-9(13(15)31)29-6-28-12-19(29)25-5-26-20(12)33/h4-10,13-16,21,31-32H,1-3H2,(H,34,35)(H,36,37)(H2,22,23,24)(H,25,26,33)/t8-,9-,10-,13?,14?,15?,16?,21-/m1/s1. The number of H-pyrrole nitrogens is 1. The molecule has 10 atom stereocenters. The Labute approximate surface area is 244 Å². The summed E-state index contributed by atoms with van der Waals surface area (Å²) in [4.78, 5) is 55.9. The third kappa shape index (κ3) is 5.05. The molecule has 21 nitrogen and oxygen atoms in total. The van der Waals surface area contributed by atoms with Gasteiger partial charge in [0.1, 0.15) is 42.4 Å². The van der Waals surface area contributed by atoms with E-state index in [2.05, 4.69) is 29.9 Å². The summed E-state index contributed by atoms with van der Waals surface area (Å²) < 4.78 is 55.9. The van der Waals surface area contributed by atoms with E-state index in [0.717, 1.165) is 12.7 Å². The second-order valence-corrected chi connectivity index (χ2v) is 13.2. The highest BCUT2D eigenvalue weighted by Crippen LogP contribution is 2.55. The fourth-order valence-electron chi connectivity index (χ4n) is 5.77. The van der Waals surface area contributed by atoms with Gasteiger partial charge >= 0.3 is 15.6 Å². The molecule has 2 aliphatic heterocycles. The Morgan fingerprint density at radius 2 is 1.57 bits per heavy atom. The molecule has 44 heavy (non-hydrogen) atoms. The summed E-state index contributed by atoms with van der Waals surface area (Å²) in [5.41, 5.74) is 5.81. The van der Waals surface area contributed by atoms with E-state index in [4.69, 9.17) is 28.6 Å². The smallest absolute Gasteiger partial charge is 0.388 e. The van der Waals surface area contributed by atoms with Crippen LogP contribution in [0.3, 0.4) is 0 Å². The number of phosphoric ester groups is 2.